The largest absolute Gasteiger partial charge is 0.466 e. The first-order valence-corrected chi connectivity index (χ1v) is 3.90. The van der Waals surface area contributed by atoms with Gasteiger partial charge in [0.2, 0.25) is 0 Å². The molecule has 0 amide bonds. The Morgan fingerprint density at radius 2 is 1.09 bits per heavy atom. The van der Waals surface area contributed by atoms with Crippen molar-refractivity contribution in [1.82, 2.24) is 15.0 Å². The van der Waals surface area contributed by atoms with Crippen LogP contribution in [-0.2, 0) is 4.57 Å². The van der Waals surface area contributed by atoms with Crippen LogP contribution in [0.25, 0.3) is 0 Å². The van der Waals surface area contributed by atoms with E-state index in [4.69, 9.17) is 19.2 Å². The summed E-state index contributed by atoms with van der Waals surface area (Å²) >= 11 is 0. The zero-order chi connectivity index (χ0) is 8.74. The molecule has 0 radical (unpaired) electrons. The van der Waals surface area contributed by atoms with E-state index in [1.165, 1.54) is 19.0 Å². The van der Waals surface area contributed by atoms with Crippen LogP contribution in [0.2, 0.25) is 0 Å². The lowest BCUT2D eigenvalue weighted by atomic mass is 11.1. The highest BCUT2D eigenvalue weighted by atomic mass is 31.2. The Hall–Kier alpha value is -0.880. The van der Waals surface area contributed by atoms with Crippen LogP contribution in [0.4, 0.5) is 0 Å². The monoisotopic (exact) mass is 179 g/mol. The lowest BCUT2D eigenvalue weighted by Crippen LogP contribution is -1.73. The summed E-state index contributed by atoms with van der Waals surface area (Å²) in [6.45, 7) is 0. The molecule has 0 spiro atoms. The molecule has 0 fully saturated rings. The highest BCUT2D eigenvalue weighted by molar-refractivity contribution is 7.45. The molecule has 0 atom stereocenters. The lowest BCUT2D eigenvalue weighted by Gasteiger charge is -1.82. The Labute approximate surface area is 62.0 Å². The van der Waals surface area contributed by atoms with Crippen molar-refractivity contribution in [2.24, 2.45) is 0 Å². The topological polar surface area (TPSA) is 116 Å². The summed E-state index contributed by atoms with van der Waals surface area (Å²) in [4.78, 5) is 32.2. The van der Waals surface area contributed by atoms with Gasteiger partial charge in [0.1, 0.15) is 19.0 Å². The van der Waals surface area contributed by atoms with Crippen molar-refractivity contribution in [1.29, 1.82) is 0 Å². The highest BCUT2D eigenvalue weighted by Gasteiger charge is 2.00. The van der Waals surface area contributed by atoms with E-state index in [1.54, 1.807) is 0 Å². The quantitative estimate of drug-likeness (QED) is 0.434. The van der Waals surface area contributed by atoms with Gasteiger partial charge < -0.3 is 14.7 Å². The highest BCUT2D eigenvalue weighted by Crippen LogP contribution is 2.25. The molecule has 1 aromatic heterocycles. The molecule has 62 valence electrons. The Morgan fingerprint density at radius 3 is 1.18 bits per heavy atom. The summed E-state index contributed by atoms with van der Waals surface area (Å²) in [6.07, 6.45) is 4.31. The van der Waals surface area contributed by atoms with Gasteiger partial charge in [-0.1, -0.05) is 0 Å². The average Bonchev–Trinajstić information content (AvgIpc) is 1.88. The van der Waals surface area contributed by atoms with E-state index in [1.807, 2.05) is 0 Å². The smallest absolute Gasteiger partial charge is 0.303 e. The molecule has 0 saturated carbocycles. The number of rotatable bonds is 0. The van der Waals surface area contributed by atoms with Crippen LogP contribution < -0.4 is 0 Å². The van der Waals surface area contributed by atoms with E-state index in [0.717, 1.165) is 0 Å². The third kappa shape index (κ3) is 17.6. The second-order valence-corrected chi connectivity index (χ2v) is 2.33. The van der Waals surface area contributed by atoms with Crippen molar-refractivity contribution in [2.45, 2.75) is 0 Å². The molecule has 1 rings (SSSR count). The predicted octanol–water partition coefficient (Wildman–Crippen LogP) is -1.06. The zero-order valence-electron chi connectivity index (χ0n) is 5.27. The molecule has 0 saturated heterocycles. The molecule has 0 aliphatic rings. The van der Waals surface area contributed by atoms with E-state index in [2.05, 4.69) is 15.0 Å². The summed E-state index contributed by atoms with van der Waals surface area (Å²) in [5.74, 6) is 0. The van der Waals surface area contributed by atoms with E-state index in [0.29, 0.717) is 0 Å². The predicted molar refractivity (Wildman–Crippen MR) is 34.1 cm³/mol. The minimum atomic E-state index is -4.64. The van der Waals surface area contributed by atoms with Gasteiger partial charge in [-0.05, 0) is 0 Å². The van der Waals surface area contributed by atoms with Gasteiger partial charge in [-0.3, -0.25) is 0 Å². The first-order chi connectivity index (χ1) is 5.00. The molecule has 0 unspecified atom stereocenters. The minimum Gasteiger partial charge on any atom is -0.303 e. The third-order valence-electron chi connectivity index (χ3n) is 0.400. The fourth-order valence-electron chi connectivity index (χ4n) is 0.205. The first-order valence-electron chi connectivity index (χ1n) is 2.33. The second kappa shape index (κ2) is 4.86. The van der Waals surface area contributed by atoms with Gasteiger partial charge in [0, 0.05) is 0 Å². The van der Waals surface area contributed by atoms with Crippen LogP contribution in [0, 0.1) is 0 Å². The van der Waals surface area contributed by atoms with Crippen LogP contribution in [0.3, 0.4) is 0 Å². The van der Waals surface area contributed by atoms with Gasteiger partial charge >= 0.3 is 7.82 Å². The van der Waals surface area contributed by atoms with Crippen molar-refractivity contribution >= 4 is 7.82 Å². The number of hydrogen-bond acceptors (Lipinski definition) is 4. The van der Waals surface area contributed by atoms with Crippen molar-refractivity contribution in [3.8, 4) is 0 Å². The third-order valence-corrected chi connectivity index (χ3v) is 0.400. The average molecular weight is 179 g/mol. The Bertz CT molecular complexity index is 188. The van der Waals surface area contributed by atoms with E-state index in [-0.39, 0.29) is 0 Å². The van der Waals surface area contributed by atoms with E-state index < -0.39 is 7.82 Å². The summed E-state index contributed by atoms with van der Waals surface area (Å²) in [5, 5.41) is 0. The number of nitrogens with zero attached hydrogens (tertiary/aromatic N) is 3. The molecule has 0 aromatic carbocycles. The standard InChI is InChI=1S/C3H3N3.H3O4P/c1-4-2-6-3-5-1;1-5(2,3)4/h1-3H;(H3,1,2,3,4). The molecule has 1 heterocycles. The molecular weight excluding hydrogens is 173 g/mol. The fraction of sp³-hybridized carbons (Fsp3) is 0. The Balaban J connectivity index is 0.000000187. The summed E-state index contributed by atoms with van der Waals surface area (Å²) in [5.41, 5.74) is 0. The van der Waals surface area contributed by atoms with Crippen molar-refractivity contribution < 1.29 is 19.2 Å². The molecule has 7 nitrogen and oxygen atoms in total. The van der Waals surface area contributed by atoms with Gasteiger partial charge in [-0.15, -0.1) is 0 Å². The lowest BCUT2D eigenvalue weighted by molar-refractivity contribution is 0.275. The maximum Gasteiger partial charge on any atom is 0.466 e. The maximum absolute atomic E-state index is 8.88. The van der Waals surface area contributed by atoms with Crippen molar-refractivity contribution in [3.05, 3.63) is 19.0 Å². The molecular formula is C3H6N3O4P. The van der Waals surface area contributed by atoms with Crippen LogP contribution in [0.5, 0.6) is 0 Å². The zero-order valence-corrected chi connectivity index (χ0v) is 6.17. The normalized spacial score (nSPS) is 9.73. The molecule has 8 heteroatoms. The van der Waals surface area contributed by atoms with Gasteiger partial charge in [0.05, 0.1) is 0 Å². The molecule has 0 bridgehead atoms. The number of hydrogen-bond donors (Lipinski definition) is 3. The van der Waals surface area contributed by atoms with Crippen molar-refractivity contribution in [3.63, 3.8) is 0 Å². The van der Waals surface area contributed by atoms with Gasteiger partial charge in [0.25, 0.3) is 0 Å². The maximum atomic E-state index is 8.88. The summed E-state index contributed by atoms with van der Waals surface area (Å²) in [7, 11) is -4.64. The molecule has 11 heavy (non-hydrogen) atoms. The first kappa shape index (κ1) is 10.1. The van der Waals surface area contributed by atoms with Crippen LogP contribution >= 0.6 is 7.82 Å². The molecule has 3 N–H and O–H groups in total. The van der Waals surface area contributed by atoms with E-state index in [9.17, 15) is 0 Å². The van der Waals surface area contributed by atoms with Gasteiger partial charge in [-0.25, -0.2) is 19.5 Å². The van der Waals surface area contributed by atoms with Gasteiger partial charge in [0.15, 0.2) is 0 Å². The summed E-state index contributed by atoms with van der Waals surface area (Å²) < 4.78 is 8.88. The molecule has 0 aliphatic heterocycles. The fourth-order valence-corrected chi connectivity index (χ4v) is 0.205. The number of aromatic nitrogens is 3. The summed E-state index contributed by atoms with van der Waals surface area (Å²) in [6, 6.07) is 0. The van der Waals surface area contributed by atoms with Crippen LogP contribution in [-0.4, -0.2) is 29.6 Å². The molecule has 0 aliphatic carbocycles. The minimum absolute atomic E-state index is 1.44. The Morgan fingerprint density at radius 1 is 0.909 bits per heavy atom. The van der Waals surface area contributed by atoms with Gasteiger partial charge in [-0.2, -0.15) is 0 Å². The van der Waals surface area contributed by atoms with Crippen molar-refractivity contribution in [2.75, 3.05) is 0 Å². The van der Waals surface area contributed by atoms with E-state index >= 15 is 0 Å². The molecule has 1 aromatic rings. The SMILES string of the molecule is O=P(O)(O)O.c1ncncn1. The second-order valence-electron chi connectivity index (χ2n) is 1.31. The van der Waals surface area contributed by atoms with Crippen LogP contribution in [0.15, 0.2) is 19.0 Å². The number of phosphoric acid groups is 1. The Kier molecular flexibility index (Phi) is 4.47. The van der Waals surface area contributed by atoms with Crippen LogP contribution in [0.1, 0.15) is 0 Å².